The van der Waals surface area contributed by atoms with E-state index in [1.807, 2.05) is 23.1 Å². The van der Waals surface area contributed by atoms with E-state index < -0.39 is 0 Å². The summed E-state index contributed by atoms with van der Waals surface area (Å²) in [7, 11) is 1.78. The molecule has 0 saturated heterocycles. The molecule has 1 amide bonds. The fraction of sp³-hybridized carbons (Fsp3) is 0.364. The Morgan fingerprint density at radius 2 is 2.03 bits per heavy atom. The highest BCUT2D eigenvalue weighted by Crippen LogP contribution is 2.26. The molecule has 0 atom stereocenters. The van der Waals surface area contributed by atoms with Crippen molar-refractivity contribution in [2.24, 2.45) is 0 Å². The van der Waals surface area contributed by atoms with Gasteiger partial charge in [-0.05, 0) is 61.9 Å². The second-order valence-corrected chi connectivity index (χ2v) is 8.55. The van der Waals surface area contributed by atoms with Gasteiger partial charge in [-0.2, -0.15) is 5.10 Å². The van der Waals surface area contributed by atoms with E-state index in [1.165, 1.54) is 22.5 Å². The summed E-state index contributed by atoms with van der Waals surface area (Å²) >= 11 is 7.65. The van der Waals surface area contributed by atoms with Gasteiger partial charge in [-0.3, -0.25) is 9.48 Å². The maximum atomic E-state index is 12.8. The number of thiophene rings is 1. The fourth-order valence-electron chi connectivity index (χ4n) is 3.18. The third kappa shape index (κ3) is 4.82. The van der Waals surface area contributed by atoms with Crippen molar-refractivity contribution in [3.8, 4) is 5.75 Å². The first-order valence-electron chi connectivity index (χ1n) is 9.53. The van der Waals surface area contributed by atoms with Crippen LogP contribution in [-0.2, 0) is 19.7 Å². The minimum absolute atomic E-state index is 0.0382. The molecule has 0 bridgehead atoms. The molecule has 0 unspecified atom stereocenters. The number of rotatable bonds is 7. The predicted molar refractivity (Wildman–Crippen MR) is 118 cm³/mol. The van der Waals surface area contributed by atoms with Crippen LogP contribution in [0.3, 0.4) is 0 Å². The van der Waals surface area contributed by atoms with Crippen molar-refractivity contribution in [1.29, 1.82) is 0 Å². The highest BCUT2D eigenvalue weighted by Gasteiger charge is 2.18. The summed E-state index contributed by atoms with van der Waals surface area (Å²) in [6, 6.07) is 6.10. The molecule has 3 aromatic rings. The van der Waals surface area contributed by atoms with Crippen LogP contribution in [0.1, 0.15) is 44.5 Å². The van der Waals surface area contributed by atoms with Crippen molar-refractivity contribution in [1.82, 2.24) is 14.7 Å². The van der Waals surface area contributed by atoms with Crippen molar-refractivity contribution in [2.75, 3.05) is 7.05 Å². The molecule has 5 nitrogen and oxygen atoms in total. The normalized spacial score (nSPS) is 11.0. The van der Waals surface area contributed by atoms with Gasteiger partial charge in [0.25, 0.3) is 5.91 Å². The number of ether oxygens (including phenoxy) is 1. The zero-order valence-corrected chi connectivity index (χ0v) is 19.0. The number of hydrogen-bond acceptors (Lipinski definition) is 4. The molecule has 0 fully saturated rings. The van der Waals surface area contributed by atoms with Crippen LogP contribution in [0.4, 0.5) is 0 Å². The van der Waals surface area contributed by atoms with E-state index in [0.29, 0.717) is 29.6 Å². The molecule has 0 aliphatic rings. The van der Waals surface area contributed by atoms with Gasteiger partial charge in [-0.1, -0.05) is 17.7 Å². The summed E-state index contributed by atoms with van der Waals surface area (Å²) in [5.41, 5.74) is 5.37. The summed E-state index contributed by atoms with van der Waals surface area (Å²) in [6.45, 7) is 9.77. The van der Waals surface area contributed by atoms with Crippen LogP contribution < -0.4 is 4.74 Å². The second kappa shape index (κ2) is 9.01. The molecule has 0 aliphatic heterocycles. The first-order valence-corrected chi connectivity index (χ1v) is 10.8. The molecule has 3 rings (SSSR count). The largest absolute Gasteiger partial charge is 0.489 e. The molecule has 154 valence electrons. The van der Waals surface area contributed by atoms with Gasteiger partial charge in [0.1, 0.15) is 12.4 Å². The SMILES string of the molecule is CCn1ncc(Cl)c1CN(C)C(=O)c1cc(COc2cc(C)cc(C)c2C)cs1. The predicted octanol–water partition coefficient (Wildman–Crippen LogP) is 5.39. The number of nitrogens with zero attached hydrogens (tertiary/aromatic N) is 3. The van der Waals surface area contributed by atoms with Crippen molar-refractivity contribution >= 4 is 28.8 Å². The van der Waals surface area contributed by atoms with Gasteiger partial charge in [0, 0.05) is 19.2 Å². The molecule has 2 heterocycles. The lowest BCUT2D eigenvalue weighted by Crippen LogP contribution is -2.27. The number of carbonyl (C=O) groups excluding carboxylic acids is 1. The second-order valence-electron chi connectivity index (χ2n) is 7.23. The van der Waals surface area contributed by atoms with Crippen molar-refractivity contribution in [3.05, 3.63) is 67.6 Å². The number of benzene rings is 1. The zero-order chi connectivity index (χ0) is 21.1. The number of carbonyl (C=O) groups is 1. The molecular weight excluding hydrogens is 406 g/mol. The Morgan fingerprint density at radius 1 is 1.28 bits per heavy atom. The summed E-state index contributed by atoms with van der Waals surface area (Å²) in [5.74, 6) is 0.852. The average Bonchev–Trinajstić information content (AvgIpc) is 3.30. The van der Waals surface area contributed by atoms with E-state index in [2.05, 4.69) is 38.0 Å². The lowest BCUT2D eigenvalue weighted by atomic mass is 10.1. The van der Waals surface area contributed by atoms with Crippen LogP contribution in [-0.4, -0.2) is 27.6 Å². The third-order valence-electron chi connectivity index (χ3n) is 4.95. The van der Waals surface area contributed by atoms with Crippen LogP contribution in [0, 0.1) is 20.8 Å². The molecule has 0 saturated carbocycles. The Balaban J connectivity index is 1.66. The van der Waals surface area contributed by atoms with E-state index in [-0.39, 0.29) is 5.91 Å². The van der Waals surface area contributed by atoms with Gasteiger partial charge in [0.05, 0.1) is 28.3 Å². The Labute approximate surface area is 180 Å². The summed E-state index contributed by atoms with van der Waals surface area (Å²) < 4.78 is 7.83. The highest BCUT2D eigenvalue weighted by molar-refractivity contribution is 7.12. The Hall–Kier alpha value is -2.31. The minimum Gasteiger partial charge on any atom is -0.489 e. The van der Waals surface area contributed by atoms with Crippen LogP contribution in [0.25, 0.3) is 0 Å². The van der Waals surface area contributed by atoms with E-state index in [0.717, 1.165) is 22.6 Å². The molecule has 0 spiro atoms. The Morgan fingerprint density at radius 3 is 2.76 bits per heavy atom. The molecule has 1 aromatic carbocycles. The van der Waals surface area contributed by atoms with Gasteiger partial charge in [0.15, 0.2) is 0 Å². The summed E-state index contributed by atoms with van der Waals surface area (Å²) in [4.78, 5) is 15.2. The van der Waals surface area contributed by atoms with Gasteiger partial charge in [0.2, 0.25) is 0 Å². The molecular formula is C22H26ClN3O2S. The monoisotopic (exact) mass is 431 g/mol. The Bertz CT molecular complexity index is 1030. The van der Waals surface area contributed by atoms with E-state index in [1.54, 1.807) is 18.1 Å². The lowest BCUT2D eigenvalue weighted by molar-refractivity contribution is 0.0786. The smallest absolute Gasteiger partial charge is 0.264 e. The van der Waals surface area contributed by atoms with Crippen LogP contribution in [0.15, 0.2) is 29.8 Å². The number of aryl methyl sites for hydroxylation is 3. The van der Waals surface area contributed by atoms with Gasteiger partial charge >= 0.3 is 0 Å². The standard InChI is InChI=1S/C22H26ClN3O2S/c1-6-26-19(18(23)10-24-26)11-25(5)22(27)21-9-17(13-29-21)12-28-20-8-14(2)7-15(3)16(20)4/h7-10,13H,6,11-12H2,1-5H3. The van der Waals surface area contributed by atoms with Crippen molar-refractivity contribution < 1.29 is 9.53 Å². The molecule has 2 aromatic heterocycles. The fourth-order valence-corrected chi connectivity index (χ4v) is 4.27. The number of halogens is 1. The zero-order valence-electron chi connectivity index (χ0n) is 17.5. The molecule has 0 N–H and O–H groups in total. The van der Waals surface area contributed by atoms with Crippen molar-refractivity contribution in [3.63, 3.8) is 0 Å². The van der Waals surface area contributed by atoms with Crippen LogP contribution in [0.2, 0.25) is 5.02 Å². The quantitative estimate of drug-likeness (QED) is 0.503. The summed E-state index contributed by atoms with van der Waals surface area (Å²) in [6.07, 6.45) is 1.62. The third-order valence-corrected chi connectivity index (χ3v) is 6.24. The topological polar surface area (TPSA) is 47.4 Å². The Kier molecular flexibility index (Phi) is 6.65. The number of hydrogen-bond donors (Lipinski definition) is 0. The minimum atomic E-state index is -0.0382. The number of aromatic nitrogens is 2. The van der Waals surface area contributed by atoms with Crippen LogP contribution >= 0.6 is 22.9 Å². The van der Waals surface area contributed by atoms with E-state index >= 15 is 0 Å². The molecule has 0 aliphatic carbocycles. The molecule has 29 heavy (non-hydrogen) atoms. The van der Waals surface area contributed by atoms with Gasteiger partial charge in [-0.25, -0.2) is 0 Å². The van der Waals surface area contributed by atoms with E-state index in [9.17, 15) is 4.79 Å². The first kappa shape index (κ1) is 21.4. The first-order chi connectivity index (χ1) is 13.8. The molecule has 7 heteroatoms. The van der Waals surface area contributed by atoms with Crippen molar-refractivity contribution in [2.45, 2.75) is 47.4 Å². The highest BCUT2D eigenvalue weighted by atomic mass is 35.5. The van der Waals surface area contributed by atoms with Crippen LogP contribution in [0.5, 0.6) is 5.75 Å². The van der Waals surface area contributed by atoms with E-state index in [4.69, 9.17) is 16.3 Å². The lowest BCUT2D eigenvalue weighted by Gasteiger charge is -2.17. The summed E-state index contributed by atoms with van der Waals surface area (Å²) in [5, 5.41) is 6.78. The van der Waals surface area contributed by atoms with Gasteiger partial charge in [-0.15, -0.1) is 11.3 Å². The van der Waals surface area contributed by atoms with Gasteiger partial charge < -0.3 is 9.64 Å². The number of amides is 1. The maximum absolute atomic E-state index is 12.8. The maximum Gasteiger partial charge on any atom is 0.264 e. The average molecular weight is 432 g/mol. The molecule has 0 radical (unpaired) electrons.